The number of benzene rings is 2. The summed E-state index contributed by atoms with van der Waals surface area (Å²) in [6.07, 6.45) is 1.94. The van der Waals surface area contributed by atoms with Crippen molar-refractivity contribution in [3.63, 3.8) is 0 Å². The highest BCUT2D eigenvalue weighted by Gasteiger charge is 2.24. The fourth-order valence-corrected chi connectivity index (χ4v) is 2.32. The van der Waals surface area contributed by atoms with Gasteiger partial charge in [-0.05, 0) is 24.3 Å². The van der Waals surface area contributed by atoms with Gasteiger partial charge in [-0.2, -0.15) is 0 Å². The molecule has 3 aromatic rings. The van der Waals surface area contributed by atoms with E-state index in [1.165, 1.54) is 0 Å². The van der Waals surface area contributed by atoms with E-state index in [9.17, 15) is 0 Å². The molecule has 22 heavy (non-hydrogen) atoms. The number of nitrogens with zero attached hydrogens (tertiary/aromatic N) is 3. The number of aromatic nitrogens is 3. The van der Waals surface area contributed by atoms with E-state index in [-0.39, 0.29) is 6.10 Å². The van der Waals surface area contributed by atoms with Gasteiger partial charge in [0.25, 0.3) is 0 Å². The minimum atomic E-state index is 0.222. The first-order chi connectivity index (χ1) is 10.9. The monoisotopic (exact) mass is 293 g/mol. The van der Waals surface area contributed by atoms with Crippen molar-refractivity contribution in [2.24, 2.45) is 0 Å². The molecule has 0 radical (unpaired) electrons. The van der Waals surface area contributed by atoms with Crippen molar-refractivity contribution >= 4 is 0 Å². The highest BCUT2D eigenvalue weighted by atomic mass is 16.6. The van der Waals surface area contributed by atoms with Gasteiger partial charge in [0, 0.05) is 5.69 Å². The zero-order valence-corrected chi connectivity index (χ0v) is 11.9. The maximum Gasteiger partial charge on any atom is 0.172 e. The summed E-state index contributed by atoms with van der Waals surface area (Å²) in [4.78, 5) is 0. The second-order valence-electron chi connectivity index (χ2n) is 5.12. The summed E-state index contributed by atoms with van der Waals surface area (Å²) >= 11 is 0. The smallest absolute Gasteiger partial charge is 0.172 e. The van der Waals surface area contributed by atoms with Crippen LogP contribution < -0.4 is 4.74 Å². The molecular weight excluding hydrogens is 278 g/mol. The summed E-state index contributed by atoms with van der Waals surface area (Å²) in [7, 11) is 0. The van der Waals surface area contributed by atoms with Crippen LogP contribution in [0.15, 0.2) is 60.9 Å². The maximum atomic E-state index is 5.87. The molecule has 1 atom stereocenters. The highest BCUT2D eigenvalue weighted by molar-refractivity contribution is 5.65. The van der Waals surface area contributed by atoms with Crippen LogP contribution in [-0.2, 0) is 4.74 Å². The molecule has 110 valence electrons. The van der Waals surface area contributed by atoms with E-state index in [0.717, 1.165) is 29.4 Å². The van der Waals surface area contributed by atoms with Crippen molar-refractivity contribution in [3.05, 3.63) is 60.9 Å². The van der Waals surface area contributed by atoms with E-state index < -0.39 is 0 Å². The van der Waals surface area contributed by atoms with Crippen molar-refractivity contribution in [1.29, 1.82) is 0 Å². The van der Waals surface area contributed by atoms with Crippen LogP contribution in [0.3, 0.4) is 0 Å². The first-order valence-corrected chi connectivity index (χ1v) is 7.21. The van der Waals surface area contributed by atoms with Crippen molar-refractivity contribution in [2.45, 2.75) is 6.10 Å². The topological polar surface area (TPSA) is 52.5 Å². The van der Waals surface area contributed by atoms with Gasteiger partial charge in [0.05, 0.1) is 12.2 Å². The first-order valence-electron chi connectivity index (χ1n) is 7.21. The predicted octanol–water partition coefficient (Wildman–Crippen LogP) is 2.71. The Labute approximate surface area is 128 Å². The van der Waals surface area contributed by atoms with Crippen molar-refractivity contribution in [3.8, 4) is 22.8 Å². The minimum absolute atomic E-state index is 0.222. The van der Waals surface area contributed by atoms with Crippen LogP contribution in [0, 0.1) is 0 Å². The Morgan fingerprint density at radius 2 is 1.86 bits per heavy atom. The lowest BCUT2D eigenvalue weighted by Gasteiger charge is -2.11. The molecule has 5 nitrogen and oxygen atoms in total. The molecule has 1 fully saturated rings. The fraction of sp³-hybridized carbons (Fsp3) is 0.176. The summed E-state index contributed by atoms with van der Waals surface area (Å²) in [5.41, 5.74) is 1.94. The molecule has 1 aliphatic rings. The van der Waals surface area contributed by atoms with Gasteiger partial charge in [0.1, 0.15) is 24.8 Å². The second-order valence-corrected chi connectivity index (χ2v) is 5.12. The second kappa shape index (κ2) is 5.61. The SMILES string of the molecule is c1ccc(-n2cnnc2-c2ccccc2OCC2CO2)cc1. The van der Waals surface area contributed by atoms with E-state index in [0.29, 0.717) is 6.61 Å². The van der Waals surface area contributed by atoms with Gasteiger partial charge in [-0.15, -0.1) is 10.2 Å². The van der Waals surface area contributed by atoms with E-state index in [2.05, 4.69) is 10.2 Å². The molecule has 0 amide bonds. The number of para-hydroxylation sites is 2. The molecular formula is C17H15N3O2. The van der Waals surface area contributed by atoms with Crippen LogP contribution in [0.1, 0.15) is 0 Å². The summed E-state index contributed by atoms with van der Waals surface area (Å²) < 4.78 is 13.0. The Balaban J connectivity index is 1.72. The summed E-state index contributed by atoms with van der Waals surface area (Å²) in [5, 5.41) is 8.32. The minimum Gasteiger partial charge on any atom is -0.490 e. The molecule has 2 heterocycles. The Hall–Kier alpha value is -2.66. The Kier molecular flexibility index (Phi) is 3.33. The molecule has 0 bridgehead atoms. The Bertz CT molecular complexity index is 766. The van der Waals surface area contributed by atoms with Crippen LogP contribution in [0.4, 0.5) is 0 Å². The molecule has 4 rings (SSSR count). The van der Waals surface area contributed by atoms with Gasteiger partial charge >= 0.3 is 0 Å². The van der Waals surface area contributed by atoms with Crippen molar-refractivity contribution in [1.82, 2.24) is 14.8 Å². The molecule has 1 aromatic heterocycles. The summed E-state index contributed by atoms with van der Waals surface area (Å²) in [6.45, 7) is 1.35. The van der Waals surface area contributed by atoms with E-state index >= 15 is 0 Å². The lowest BCUT2D eigenvalue weighted by molar-refractivity contribution is 0.263. The first kappa shape index (κ1) is 13.0. The number of hydrogen-bond donors (Lipinski definition) is 0. The zero-order valence-electron chi connectivity index (χ0n) is 11.9. The van der Waals surface area contributed by atoms with Gasteiger partial charge in [0.15, 0.2) is 5.82 Å². The normalized spacial score (nSPS) is 16.5. The third kappa shape index (κ3) is 2.58. The molecule has 1 saturated heterocycles. The molecule has 2 aromatic carbocycles. The predicted molar refractivity (Wildman–Crippen MR) is 82.0 cm³/mol. The van der Waals surface area contributed by atoms with Crippen LogP contribution >= 0.6 is 0 Å². The number of epoxide rings is 1. The Morgan fingerprint density at radius 3 is 2.68 bits per heavy atom. The number of ether oxygens (including phenoxy) is 2. The van der Waals surface area contributed by atoms with E-state index in [4.69, 9.17) is 9.47 Å². The number of hydrogen-bond acceptors (Lipinski definition) is 4. The van der Waals surface area contributed by atoms with Gasteiger partial charge in [0.2, 0.25) is 0 Å². The van der Waals surface area contributed by atoms with Crippen LogP contribution in [-0.4, -0.2) is 34.1 Å². The molecule has 1 unspecified atom stereocenters. The highest BCUT2D eigenvalue weighted by Crippen LogP contribution is 2.30. The molecule has 0 saturated carbocycles. The third-order valence-electron chi connectivity index (χ3n) is 3.54. The average Bonchev–Trinajstić information content (AvgIpc) is 3.28. The lowest BCUT2D eigenvalue weighted by Crippen LogP contribution is -2.06. The van der Waals surface area contributed by atoms with E-state index in [1.54, 1.807) is 6.33 Å². The summed E-state index contributed by atoms with van der Waals surface area (Å²) in [6, 6.07) is 17.9. The standard InChI is InChI=1S/C17H15N3O2/c1-2-6-13(7-3-1)20-12-18-19-17(20)15-8-4-5-9-16(15)22-11-14-10-21-14/h1-9,12,14H,10-11H2. The molecule has 0 N–H and O–H groups in total. The third-order valence-corrected chi connectivity index (χ3v) is 3.54. The van der Waals surface area contributed by atoms with Crippen LogP contribution in [0.2, 0.25) is 0 Å². The fourth-order valence-electron chi connectivity index (χ4n) is 2.32. The largest absolute Gasteiger partial charge is 0.490 e. The van der Waals surface area contributed by atoms with Gasteiger partial charge in [-0.3, -0.25) is 4.57 Å². The van der Waals surface area contributed by atoms with Gasteiger partial charge in [-0.1, -0.05) is 30.3 Å². The zero-order chi connectivity index (χ0) is 14.8. The van der Waals surface area contributed by atoms with Crippen molar-refractivity contribution < 1.29 is 9.47 Å². The van der Waals surface area contributed by atoms with Crippen molar-refractivity contribution in [2.75, 3.05) is 13.2 Å². The van der Waals surface area contributed by atoms with Gasteiger partial charge < -0.3 is 9.47 Å². The quantitative estimate of drug-likeness (QED) is 0.679. The van der Waals surface area contributed by atoms with Crippen LogP contribution in [0.5, 0.6) is 5.75 Å². The Morgan fingerprint density at radius 1 is 1.09 bits per heavy atom. The maximum absolute atomic E-state index is 5.87. The van der Waals surface area contributed by atoms with Gasteiger partial charge in [-0.25, -0.2) is 0 Å². The molecule has 0 spiro atoms. The lowest BCUT2D eigenvalue weighted by atomic mass is 10.2. The average molecular weight is 293 g/mol. The van der Waals surface area contributed by atoms with E-state index in [1.807, 2.05) is 59.2 Å². The van der Waals surface area contributed by atoms with Crippen LogP contribution in [0.25, 0.3) is 17.1 Å². The molecule has 5 heteroatoms. The molecule has 1 aliphatic heterocycles. The number of rotatable bonds is 5. The summed E-state index contributed by atoms with van der Waals surface area (Å²) in [5.74, 6) is 1.56. The molecule has 0 aliphatic carbocycles.